The highest BCUT2D eigenvalue weighted by Crippen LogP contribution is 2.33. The molecule has 0 spiro atoms. The molecule has 154 valence electrons. The molecule has 2 aliphatic heterocycles. The van der Waals surface area contributed by atoms with E-state index in [9.17, 15) is 4.79 Å². The predicted octanol–water partition coefficient (Wildman–Crippen LogP) is 5.05. The lowest BCUT2D eigenvalue weighted by Crippen LogP contribution is -2.28. The van der Waals surface area contributed by atoms with E-state index in [-0.39, 0.29) is 6.04 Å². The van der Waals surface area contributed by atoms with Crippen molar-refractivity contribution in [2.45, 2.75) is 57.0 Å². The number of aromatic amines is 1. The zero-order valence-electron chi connectivity index (χ0n) is 16.5. The lowest BCUT2D eigenvalue weighted by Gasteiger charge is -2.16. The summed E-state index contributed by atoms with van der Waals surface area (Å²) in [4.78, 5) is 22.3. The van der Waals surface area contributed by atoms with Crippen LogP contribution in [0.25, 0.3) is 10.9 Å². The number of aromatic nitrogens is 1. The molecule has 7 heteroatoms. The fourth-order valence-corrected chi connectivity index (χ4v) is 5.99. The maximum absolute atomic E-state index is 11.8. The largest absolute Gasteiger partial charge is 0.381 e. The molecule has 1 aromatic carbocycles. The monoisotopic (exact) mass is 430 g/mol. The number of amides is 1. The third-order valence-corrected chi connectivity index (χ3v) is 7.62. The Morgan fingerprint density at radius 3 is 2.90 bits per heavy atom. The second-order valence-electron chi connectivity index (χ2n) is 8.40. The van der Waals surface area contributed by atoms with E-state index in [1.807, 2.05) is 17.0 Å². The Morgan fingerprint density at radius 1 is 1.24 bits per heavy atom. The Hall–Kier alpha value is -1.66. The van der Waals surface area contributed by atoms with E-state index in [4.69, 9.17) is 16.6 Å². The number of benzene rings is 1. The number of fused-ring (bicyclic) bond motifs is 1. The number of hydrogen-bond donors (Lipinski definition) is 2. The molecule has 5 rings (SSSR count). The highest BCUT2D eigenvalue weighted by molar-refractivity contribution is 8.14. The van der Waals surface area contributed by atoms with E-state index in [0.29, 0.717) is 18.4 Å². The first-order valence-corrected chi connectivity index (χ1v) is 12.1. The molecule has 1 unspecified atom stereocenters. The fraction of sp³-hybridized carbons (Fsp3) is 0.545. The predicted molar refractivity (Wildman–Crippen MR) is 122 cm³/mol. The van der Waals surface area contributed by atoms with Gasteiger partial charge < -0.3 is 15.2 Å². The number of anilines is 1. The summed E-state index contributed by atoms with van der Waals surface area (Å²) < 4.78 is 0. The Balaban J connectivity index is 1.32. The standard InChI is InChI=1S/C22H27ClN4OS/c23-15-10-14-11-19(26-21(14)18(12-15)24-16-4-1-2-5-16)22-25-17(13-29-22)7-9-27-8-3-6-20(27)28/h10-12,16-17,24,26H,1-9,13H2. The first-order valence-electron chi connectivity index (χ1n) is 10.7. The van der Waals surface area contributed by atoms with Gasteiger partial charge in [-0.05, 0) is 43.9 Å². The van der Waals surface area contributed by atoms with Crippen LogP contribution in [0, 0.1) is 0 Å². The first kappa shape index (κ1) is 19.3. The van der Waals surface area contributed by atoms with E-state index in [0.717, 1.165) is 64.0 Å². The molecule has 0 radical (unpaired) electrons. The SMILES string of the molecule is O=C1CCCN1CCC1CSC(c2cc3cc(Cl)cc(NC4CCCC4)c3[nH]2)=N1. The van der Waals surface area contributed by atoms with Crippen molar-refractivity contribution >= 4 is 50.9 Å². The molecule has 1 aliphatic carbocycles. The minimum atomic E-state index is 0.287. The number of thioether (sulfide) groups is 1. The van der Waals surface area contributed by atoms with Gasteiger partial charge in [0.2, 0.25) is 5.91 Å². The van der Waals surface area contributed by atoms with Crippen molar-refractivity contribution in [1.29, 1.82) is 0 Å². The summed E-state index contributed by atoms with van der Waals surface area (Å²) in [6.07, 6.45) is 7.72. The van der Waals surface area contributed by atoms with Crippen molar-refractivity contribution in [2.75, 3.05) is 24.2 Å². The molecule has 1 saturated heterocycles. The van der Waals surface area contributed by atoms with E-state index in [1.54, 1.807) is 11.8 Å². The molecule has 2 N–H and O–H groups in total. The molecule has 2 aromatic rings. The second kappa shape index (κ2) is 8.23. The number of likely N-dealkylation sites (tertiary alicyclic amines) is 1. The average Bonchev–Trinajstić information content (AvgIpc) is 3.47. The van der Waals surface area contributed by atoms with Crippen LogP contribution in [0.1, 0.15) is 50.6 Å². The van der Waals surface area contributed by atoms with Crippen LogP contribution in [0.15, 0.2) is 23.2 Å². The van der Waals surface area contributed by atoms with Crippen LogP contribution in [0.3, 0.4) is 0 Å². The quantitative estimate of drug-likeness (QED) is 0.674. The third-order valence-electron chi connectivity index (χ3n) is 6.25. The average molecular weight is 431 g/mol. The highest BCUT2D eigenvalue weighted by atomic mass is 35.5. The van der Waals surface area contributed by atoms with Gasteiger partial charge in [0.05, 0.1) is 22.9 Å². The van der Waals surface area contributed by atoms with Crippen molar-refractivity contribution in [3.05, 3.63) is 28.9 Å². The molecule has 5 nitrogen and oxygen atoms in total. The summed E-state index contributed by atoms with van der Waals surface area (Å²) in [5.41, 5.74) is 3.28. The normalized spacial score (nSPS) is 22.8. The molecule has 1 saturated carbocycles. The van der Waals surface area contributed by atoms with Gasteiger partial charge in [-0.2, -0.15) is 0 Å². The molecule has 3 heterocycles. The number of nitrogens with one attached hydrogen (secondary N) is 2. The van der Waals surface area contributed by atoms with Crippen molar-refractivity contribution in [3.63, 3.8) is 0 Å². The van der Waals surface area contributed by atoms with Crippen LogP contribution in [0.5, 0.6) is 0 Å². The van der Waals surface area contributed by atoms with Crippen LogP contribution in [-0.4, -0.2) is 51.8 Å². The fourth-order valence-electron chi connectivity index (χ4n) is 4.68. The highest BCUT2D eigenvalue weighted by Gasteiger charge is 2.25. The third kappa shape index (κ3) is 4.15. The smallest absolute Gasteiger partial charge is 0.222 e. The minimum absolute atomic E-state index is 0.287. The molecule has 0 bridgehead atoms. The summed E-state index contributed by atoms with van der Waals surface area (Å²) in [6.45, 7) is 1.74. The second-order valence-corrected chi connectivity index (χ2v) is 9.84. The number of hydrogen-bond acceptors (Lipinski definition) is 4. The van der Waals surface area contributed by atoms with Crippen molar-refractivity contribution in [3.8, 4) is 0 Å². The van der Waals surface area contributed by atoms with Gasteiger partial charge in [0, 0.05) is 41.7 Å². The van der Waals surface area contributed by atoms with Gasteiger partial charge in [0.1, 0.15) is 5.04 Å². The van der Waals surface area contributed by atoms with Crippen LogP contribution in [0.2, 0.25) is 5.02 Å². The van der Waals surface area contributed by atoms with Gasteiger partial charge in [-0.15, -0.1) is 11.8 Å². The summed E-state index contributed by atoms with van der Waals surface area (Å²) >= 11 is 8.20. The molecule has 29 heavy (non-hydrogen) atoms. The summed E-state index contributed by atoms with van der Waals surface area (Å²) in [5, 5.41) is 6.65. The number of carbonyl (C=O) groups is 1. The maximum atomic E-state index is 11.8. The number of aliphatic imine (C=N–C) groups is 1. The Morgan fingerprint density at radius 2 is 2.10 bits per heavy atom. The topological polar surface area (TPSA) is 60.5 Å². The Labute approximate surface area is 180 Å². The Kier molecular flexibility index (Phi) is 5.48. The zero-order chi connectivity index (χ0) is 19.8. The molecule has 1 aromatic heterocycles. The van der Waals surface area contributed by atoms with E-state index in [1.165, 1.54) is 25.7 Å². The van der Waals surface area contributed by atoms with Crippen LogP contribution >= 0.6 is 23.4 Å². The molecular formula is C22H27ClN4OS. The lowest BCUT2D eigenvalue weighted by molar-refractivity contribution is -0.127. The summed E-state index contributed by atoms with van der Waals surface area (Å²) in [7, 11) is 0. The zero-order valence-corrected chi connectivity index (χ0v) is 18.1. The minimum Gasteiger partial charge on any atom is -0.381 e. The molecule has 1 amide bonds. The van der Waals surface area contributed by atoms with E-state index >= 15 is 0 Å². The molecule has 2 fully saturated rings. The van der Waals surface area contributed by atoms with Gasteiger partial charge in [-0.25, -0.2) is 0 Å². The van der Waals surface area contributed by atoms with E-state index < -0.39 is 0 Å². The van der Waals surface area contributed by atoms with Crippen molar-refractivity contribution in [1.82, 2.24) is 9.88 Å². The van der Waals surface area contributed by atoms with Gasteiger partial charge >= 0.3 is 0 Å². The van der Waals surface area contributed by atoms with Gasteiger partial charge in [-0.1, -0.05) is 24.4 Å². The molecule has 3 aliphatic rings. The van der Waals surface area contributed by atoms with E-state index in [2.05, 4.69) is 16.4 Å². The number of nitrogens with zero attached hydrogens (tertiary/aromatic N) is 2. The number of halogens is 1. The number of H-pyrrole nitrogens is 1. The number of rotatable bonds is 6. The van der Waals surface area contributed by atoms with Crippen LogP contribution in [-0.2, 0) is 4.79 Å². The molecular weight excluding hydrogens is 404 g/mol. The van der Waals surface area contributed by atoms with Crippen molar-refractivity contribution in [2.24, 2.45) is 4.99 Å². The van der Waals surface area contributed by atoms with Crippen molar-refractivity contribution < 1.29 is 4.79 Å². The van der Waals surface area contributed by atoms with Gasteiger partial charge in [-0.3, -0.25) is 9.79 Å². The maximum Gasteiger partial charge on any atom is 0.222 e. The Bertz CT molecular complexity index is 950. The summed E-state index contributed by atoms with van der Waals surface area (Å²) in [5.74, 6) is 1.29. The first-order chi connectivity index (χ1) is 14.2. The van der Waals surface area contributed by atoms with Crippen LogP contribution < -0.4 is 5.32 Å². The van der Waals surface area contributed by atoms with Gasteiger partial charge in [0.25, 0.3) is 0 Å². The summed E-state index contributed by atoms with van der Waals surface area (Å²) in [6, 6.07) is 7.04. The number of carbonyl (C=O) groups excluding carboxylic acids is 1. The molecule has 1 atom stereocenters. The van der Waals surface area contributed by atoms with Gasteiger partial charge in [0.15, 0.2) is 0 Å². The lowest BCUT2D eigenvalue weighted by atomic mass is 10.2. The van der Waals surface area contributed by atoms with Crippen LogP contribution in [0.4, 0.5) is 5.69 Å².